The first-order chi connectivity index (χ1) is 9.70. The summed E-state index contributed by atoms with van der Waals surface area (Å²) in [6.07, 6.45) is 1.89. The lowest BCUT2D eigenvalue weighted by molar-refractivity contribution is 0.240. The van der Waals surface area contributed by atoms with Crippen LogP contribution < -0.4 is 0 Å². The molecule has 0 saturated carbocycles. The number of fused-ring (bicyclic) bond motifs is 1. The van der Waals surface area contributed by atoms with Gasteiger partial charge in [-0.3, -0.25) is 4.98 Å². The van der Waals surface area contributed by atoms with E-state index in [0.29, 0.717) is 5.92 Å². The summed E-state index contributed by atoms with van der Waals surface area (Å²) in [5.41, 5.74) is 1.19. The Labute approximate surface area is 124 Å². The molecule has 0 aliphatic heterocycles. The third kappa shape index (κ3) is 5.41. The zero-order chi connectivity index (χ0) is 14.8. The van der Waals surface area contributed by atoms with E-state index >= 15 is 0 Å². The molecule has 0 saturated heterocycles. The first-order valence-electron chi connectivity index (χ1n) is 7.19. The Morgan fingerprint density at radius 3 is 2.30 bits per heavy atom. The van der Waals surface area contributed by atoms with E-state index in [2.05, 4.69) is 49.2 Å². The number of rotatable bonds is 5. The molecule has 0 amide bonds. The Morgan fingerprint density at radius 2 is 1.70 bits per heavy atom. The number of pyridine rings is 1. The zero-order valence-electron chi connectivity index (χ0n) is 12.9. The second kappa shape index (κ2) is 9.64. The number of nitrogens with zero attached hydrogens (tertiary/aromatic N) is 1. The van der Waals surface area contributed by atoms with Gasteiger partial charge in [-0.25, -0.2) is 0 Å². The Hall–Kier alpha value is -1.23. The lowest BCUT2D eigenvalue weighted by Gasteiger charge is -2.07. The molecular formula is C16H25NO2Si. The first-order valence-corrected chi connectivity index (χ1v) is 8.35. The summed E-state index contributed by atoms with van der Waals surface area (Å²) >= 11 is 0. The Balaban J connectivity index is 0.000000246. The Bertz CT molecular complexity index is 493. The van der Waals surface area contributed by atoms with Crippen molar-refractivity contribution in [3.05, 3.63) is 42.2 Å². The molecule has 0 N–H and O–H groups in total. The van der Waals surface area contributed by atoms with Crippen LogP contribution >= 0.6 is 0 Å². The van der Waals surface area contributed by atoms with Crippen molar-refractivity contribution in [1.82, 2.24) is 4.98 Å². The molecule has 0 unspecified atom stereocenters. The van der Waals surface area contributed by atoms with E-state index in [9.17, 15) is 0 Å². The molecule has 1 aromatic heterocycles. The Morgan fingerprint density at radius 1 is 1.05 bits per heavy atom. The topological polar surface area (TPSA) is 31.4 Å². The summed E-state index contributed by atoms with van der Waals surface area (Å²) in [6, 6.07) is 10.4. The van der Waals surface area contributed by atoms with Crippen LogP contribution in [0.3, 0.4) is 0 Å². The molecule has 0 aliphatic carbocycles. The van der Waals surface area contributed by atoms with Gasteiger partial charge in [0.15, 0.2) is 0 Å². The molecule has 4 heteroatoms. The second-order valence-corrected chi connectivity index (χ2v) is 5.73. The van der Waals surface area contributed by atoms with Gasteiger partial charge < -0.3 is 8.85 Å². The molecule has 0 atom stereocenters. The van der Waals surface area contributed by atoms with Crippen LogP contribution in [-0.2, 0) is 8.85 Å². The van der Waals surface area contributed by atoms with Crippen molar-refractivity contribution in [2.24, 2.45) is 0 Å². The fourth-order valence-corrected chi connectivity index (χ4v) is 2.28. The van der Waals surface area contributed by atoms with Gasteiger partial charge in [0, 0.05) is 24.8 Å². The van der Waals surface area contributed by atoms with Gasteiger partial charge >= 0.3 is 10.0 Å². The maximum atomic E-state index is 4.99. The number of aromatic nitrogens is 1. The molecular weight excluding hydrogens is 266 g/mol. The van der Waals surface area contributed by atoms with Gasteiger partial charge in [-0.1, -0.05) is 38.1 Å². The van der Waals surface area contributed by atoms with E-state index in [4.69, 9.17) is 8.85 Å². The minimum absolute atomic E-state index is 0.492. The molecule has 3 nitrogen and oxygen atoms in total. The van der Waals surface area contributed by atoms with E-state index in [1.54, 1.807) is 0 Å². The van der Waals surface area contributed by atoms with Gasteiger partial charge in [0.1, 0.15) is 0 Å². The van der Waals surface area contributed by atoms with Gasteiger partial charge in [-0.2, -0.15) is 0 Å². The molecule has 20 heavy (non-hydrogen) atoms. The largest absolute Gasteiger partial charge is 0.399 e. The highest BCUT2D eigenvalue weighted by Gasteiger charge is 2.04. The molecule has 2 aromatic rings. The quantitative estimate of drug-likeness (QED) is 0.625. The molecule has 0 radical (unpaired) electrons. The van der Waals surface area contributed by atoms with Crippen LogP contribution in [0.25, 0.3) is 10.8 Å². The normalized spacial score (nSPS) is 10.4. The van der Waals surface area contributed by atoms with Gasteiger partial charge in [0.25, 0.3) is 0 Å². The van der Waals surface area contributed by atoms with Crippen molar-refractivity contribution in [3.8, 4) is 0 Å². The minimum Gasteiger partial charge on any atom is -0.399 e. The predicted octanol–water partition coefficient (Wildman–Crippen LogP) is 3.42. The molecule has 0 fully saturated rings. The molecule has 0 spiro atoms. The lowest BCUT2D eigenvalue weighted by atomic mass is 10.0. The first kappa shape index (κ1) is 16.8. The van der Waals surface area contributed by atoms with E-state index < -0.39 is 10.0 Å². The highest BCUT2D eigenvalue weighted by Crippen LogP contribution is 2.22. The van der Waals surface area contributed by atoms with E-state index in [1.807, 2.05) is 20.0 Å². The van der Waals surface area contributed by atoms with Crippen LogP contribution in [0.15, 0.2) is 36.5 Å². The van der Waals surface area contributed by atoms with E-state index in [-0.39, 0.29) is 0 Å². The van der Waals surface area contributed by atoms with E-state index in [0.717, 1.165) is 13.2 Å². The molecule has 0 bridgehead atoms. The van der Waals surface area contributed by atoms with Gasteiger partial charge in [0.05, 0.1) is 5.69 Å². The van der Waals surface area contributed by atoms with Crippen molar-refractivity contribution in [3.63, 3.8) is 0 Å². The third-order valence-corrected chi connectivity index (χ3v) is 3.98. The number of hydrogen-bond donors (Lipinski definition) is 0. The van der Waals surface area contributed by atoms with Crippen LogP contribution in [0.5, 0.6) is 0 Å². The van der Waals surface area contributed by atoms with Gasteiger partial charge in [-0.05, 0) is 31.2 Å². The van der Waals surface area contributed by atoms with Gasteiger partial charge in [-0.15, -0.1) is 0 Å². The smallest absolute Gasteiger partial charge is 0.304 e. The van der Waals surface area contributed by atoms with Crippen molar-refractivity contribution in [2.75, 3.05) is 13.2 Å². The maximum absolute atomic E-state index is 4.99. The third-order valence-electron chi connectivity index (χ3n) is 2.83. The van der Waals surface area contributed by atoms with Crippen LogP contribution in [0.4, 0.5) is 0 Å². The molecule has 0 aliphatic rings. The van der Waals surface area contributed by atoms with Gasteiger partial charge in [0.2, 0.25) is 0 Å². The number of benzene rings is 1. The van der Waals surface area contributed by atoms with Crippen LogP contribution in [0.1, 0.15) is 39.3 Å². The minimum atomic E-state index is -0.589. The second-order valence-electron chi connectivity index (χ2n) is 4.68. The summed E-state index contributed by atoms with van der Waals surface area (Å²) in [4.78, 5) is 4.41. The highest BCUT2D eigenvalue weighted by molar-refractivity contribution is 6.17. The summed E-state index contributed by atoms with van der Waals surface area (Å²) < 4.78 is 9.98. The average Bonchev–Trinajstić information content (AvgIpc) is 2.48. The average molecular weight is 291 g/mol. The monoisotopic (exact) mass is 291 g/mol. The fraction of sp³-hybridized carbons (Fsp3) is 0.438. The van der Waals surface area contributed by atoms with Crippen molar-refractivity contribution in [2.45, 2.75) is 33.6 Å². The molecule has 2 rings (SSSR count). The van der Waals surface area contributed by atoms with E-state index in [1.165, 1.54) is 16.5 Å². The Kier molecular flexibility index (Phi) is 8.10. The van der Waals surface area contributed by atoms with Crippen LogP contribution in [0.2, 0.25) is 0 Å². The van der Waals surface area contributed by atoms with Crippen molar-refractivity contribution >= 4 is 20.8 Å². The van der Waals surface area contributed by atoms with Crippen LogP contribution in [0, 0.1) is 0 Å². The molecule has 110 valence electrons. The summed E-state index contributed by atoms with van der Waals surface area (Å²) in [5.74, 6) is 0.492. The zero-order valence-corrected chi connectivity index (χ0v) is 14.3. The van der Waals surface area contributed by atoms with Crippen LogP contribution in [-0.4, -0.2) is 28.2 Å². The fourth-order valence-electron chi connectivity index (χ4n) is 1.83. The summed E-state index contributed by atoms with van der Waals surface area (Å²) in [7, 11) is -0.589. The predicted molar refractivity (Wildman–Crippen MR) is 87.6 cm³/mol. The maximum Gasteiger partial charge on any atom is 0.304 e. The van der Waals surface area contributed by atoms with Crippen molar-refractivity contribution < 1.29 is 8.85 Å². The molecule has 1 heterocycles. The molecule has 1 aromatic carbocycles. The summed E-state index contributed by atoms with van der Waals surface area (Å²) in [6.45, 7) is 9.90. The van der Waals surface area contributed by atoms with Crippen molar-refractivity contribution in [1.29, 1.82) is 0 Å². The lowest BCUT2D eigenvalue weighted by Crippen LogP contribution is -2.02. The highest BCUT2D eigenvalue weighted by atomic mass is 28.3. The standard InChI is InChI=1S/C12H13N.C4H12O2Si/c1-9(2)12-11-6-4-3-5-10(11)7-8-13-12;1-3-5-7-6-4-2/h3-9H,1-2H3;3-4,7H2,1-2H3. The SMILES string of the molecule is CC(C)c1nccc2ccccc12.CCO[SiH2]OCC. The number of hydrogen-bond acceptors (Lipinski definition) is 3. The summed E-state index contributed by atoms with van der Waals surface area (Å²) in [5, 5.41) is 2.56.